The van der Waals surface area contributed by atoms with Crippen LogP contribution in [0, 0.1) is 5.41 Å². The number of nitrogens with zero attached hydrogens (tertiary/aromatic N) is 1. The molecule has 1 fully saturated rings. The van der Waals surface area contributed by atoms with E-state index in [9.17, 15) is 8.42 Å². The third-order valence-corrected chi connectivity index (χ3v) is 5.42. The largest absolute Gasteiger partial charge is 0.330 e. The molecule has 2 N–H and O–H groups in total. The highest BCUT2D eigenvalue weighted by atomic mass is 32.2. The summed E-state index contributed by atoms with van der Waals surface area (Å²) in [6.45, 7) is 4.97. The Kier molecular flexibility index (Phi) is 3.79. The Balaban J connectivity index is 2.63. The molecule has 1 aliphatic carbocycles. The van der Waals surface area contributed by atoms with Gasteiger partial charge in [-0.05, 0) is 24.8 Å². The Morgan fingerprint density at radius 3 is 2.27 bits per heavy atom. The van der Waals surface area contributed by atoms with E-state index >= 15 is 0 Å². The van der Waals surface area contributed by atoms with E-state index in [1.165, 1.54) is 4.31 Å². The van der Waals surface area contributed by atoms with Gasteiger partial charge in [-0.1, -0.05) is 20.3 Å². The minimum absolute atomic E-state index is 0.143. The SMILES string of the molecule is CN(CC(C)(C)CN)S(=O)(=O)C1CCC1. The van der Waals surface area contributed by atoms with Crippen molar-refractivity contribution in [3.05, 3.63) is 0 Å². The van der Waals surface area contributed by atoms with Crippen LogP contribution in [0.1, 0.15) is 33.1 Å². The van der Waals surface area contributed by atoms with Gasteiger partial charge in [-0.15, -0.1) is 0 Å². The third kappa shape index (κ3) is 2.92. The number of hydrogen-bond donors (Lipinski definition) is 1. The molecule has 1 aliphatic rings. The summed E-state index contributed by atoms with van der Waals surface area (Å²) >= 11 is 0. The first-order chi connectivity index (χ1) is 6.79. The minimum Gasteiger partial charge on any atom is -0.330 e. The summed E-state index contributed by atoms with van der Waals surface area (Å²) in [4.78, 5) is 0. The Labute approximate surface area is 92.9 Å². The molecule has 1 saturated carbocycles. The molecular weight excluding hydrogens is 212 g/mol. The molecule has 0 radical (unpaired) electrons. The average molecular weight is 234 g/mol. The maximum atomic E-state index is 12.0. The average Bonchev–Trinajstić information content (AvgIpc) is 1.99. The lowest BCUT2D eigenvalue weighted by atomic mass is 9.94. The lowest BCUT2D eigenvalue weighted by Crippen LogP contribution is -2.45. The molecule has 15 heavy (non-hydrogen) atoms. The van der Waals surface area contributed by atoms with Crippen LogP contribution in [0.25, 0.3) is 0 Å². The van der Waals surface area contributed by atoms with E-state index in [2.05, 4.69) is 0 Å². The van der Waals surface area contributed by atoms with Crippen LogP contribution in [0.4, 0.5) is 0 Å². The zero-order valence-corrected chi connectivity index (χ0v) is 10.7. The fraction of sp³-hybridized carbons (Fsp3) is 1.00. The predicted octanol–water partition coefficient (Wildman–Crippen LogP) is 0.785. The Morgan fingerprint density at radius 1 is 1.40 bits per heavy atom. The van der Waals surface area contributed by atoms with Gasteiger partial charge in [0.15, 0.2) is 0 Å². The lowest BCUT2D eigenvalue weighted by molar-refractivity contribution is 0.285. The summed E-state index contributed by atoms with van der Waals surface area (Å²) in [7, 11) is -1.41. The maximum absolute atomic E-state index is 12.0. The quantitative estimate of drug-likeness (QED) is 0.765. The van der Waals surface area contributed by atoms with Crippen molar-refractivity contribution in [2.75, 3.05) is 20.1 Å². The van der Waals surface area contributed by atoms with E-state index in [1.807, 2.05) is 13.8 Å². The van der Waals surface area contributed by atoms with E-state index in [-0.39, 0.29) is 10.7 Å². The number of rotatable bonds is 5. The lowest BCUT2D eigenvalue weighted by Gasteiger charge is -2.34. The summed E-state index contributed by atoms with van der Waals surface area (Å²) in [5.41, 5.74) is 5.45. The summed E-state index contributed by atoms with van der Waals surface area (Å²) < 4.78 is 25.5. The smallest absolute Gasteiger partial charge is 0.216 e. The third-order valence-electron chi connectivity index (χ3n) is 3.11. The van der Waals surface area contributed by atoms with Crippen LogP contribution in [0.3, 0.4) is 0 Å². The molecule has 0 saturated heterocycles. The van der Waals surface area contributed by atoms with Crippen LogP contribution >= 0.6 is 0 Å². The fourth-order valence-electron chi connectivity index (χ4n) is 1.68. The molecule has 0 amide bonds. The number of hydrogen-bond acceptors (Lipinski definition) is 3. The molecule has 0 aromatic heterocycles. The Bertz CT molecular complexity index is 307. The summed E-state index contributed by atoms with van der Waals surface area (Å²) in [5, 5.41) is -0.143. The van der Waals surface area contributed by atoms with Crippen molar-refractivity contribution in [2.45, 2.75) is 38.4 Å². The van der Waals surface area contributed by atoms with Gasteiger partial charge in [-0.3, -0.25) is 0 Å². The molecule has 0 spiro atoms. The van der Waals surface area contributed by atoms with Crippen molar-refractivity contribution >= 4 is 10.0 Å². The molecule has 5 heteroatoms. The van der Waals surface area contributed by atoms with Crippen molar-refractivity contribution in [2.24, 2.45) is 11.1 Å². The highest BCUT2D eigenvalue weighted by Crippen LogP contribution is 2.29. The zero-order chi connectivity index (χ0) is 11.7. The van der Waals surface area contributed by atoms with Crippen LogP contribution < -0.4 is 5.73 Å². The van der Waals surface area contributed by atoms with E-state index in [0.29, 0.717) is 13.1 Å². The van der Waals surface area contributed by atoms with Crippen LogP contribution in [0.5, 0.6) is 0 Å². The molecule has 0 heterocycles. The molecule has 0 unspecified atom stereocenters. The summed E-state index contributed by atoms with van der Waals surface area (Å²) in [5.74, 6) is 0. The van der Waals surface area contributed by atoms with Crippen molar-refractivity contribution in [3.63, 3.8) is 0 Å². The maximum Gasteiger partial charge on any atom is 0.216 e. The first kappa shape index (κ1) is 12.9. The second-order valence-electron chi connectivity index (χ2n) is 5.22. The topological polar surface area (TPSA) is 63.4 Å². The monoisotopic (exact) mass is 234 g/mol. The first-order valence-electron chi connectivity index (χ1n) is 5.45. The molecule has 4 nitrogen and oxygen atoms in total. The molecular formula is C10H22N2O2S. The Morgan fingerprint density at radius 2 is 1.93 bits per heavy atom. The van der Waals surface area contributed by atoms with Gasteiger partial charge in [0.2, 0.25) is 10.0 Å². The van der Waals surface area contributed by atoms with Gasteiger partial charge in [0.1, 0.15) is 0 Å². The zero-order valence-electron chi connectivity index (χ0n) is 9.86. The molecule has 0 aliphatic heterocycles. The van der Waals surface area contributed by atoms with Gasteiger partial charge in [0, 0.05) is 13.6 Å². The second-order valence-corrected chi connectivity index (χ2v) is 7.54. The van der Waals surface area contributed by atoms with E-state index in [0.717, 1.165) is 19.3 Å². The predicted molar refractivity (Wildman–Crippen MR) is 62.0 cm³/mol. The van der Waals surface area contributed by atoms with Gasteiger partial charge in [0.05, 0.1) is 5.25 Å². The van der Waals surface area contributed by atoms with Crippen molar-refractivity contribution < 1.29 is 8.42 Å². The van der Waals surface area contributed by atoms with Gasteiger partial charge in [-0.25, -0.2) is 12.7 Å². The van der Waals surface area contributed by atoms with Crippen LogP contribution in [0.2, 0.25) is 0 Å². The fourth-order valence-corrected chi connectivity index (χ4v) is 3.65. The molecule has 0 bridgehead atoms. The molecule has 90 valence electrons. The normalized spacial score (nSPS) is 19.3. The number of nitrogens with two attached hydrogens (primary N) is 1. The van der Waals surface area contributed by atoms with E-state index in [1.54, 1.807) is 7.05 Å². The highest BCUT2D eigenvalue weighted by molar-refractivity contribution is 7.89. The molecule has 0 aromatic carbocycles. The molecule has 1 rings (SSSR count). The Hall–Kier alpha value is -0.130. The first-order valence-corrected chi connectivity index (χ1v) is 6.95. The standard InChI is InChI=1S/C10H22N2O2S/c1-10(2,7-11)8-12(3)15(13,14)9-5-4-6-9/h9H,4-8,11H2,1-3H3. The van der Waals surface area contributed by atoms with Gasteiger partial charge in [-0.2, -0.15) is 0 Å². The second kappa shape index (κ2) is 4.39. The van der Waals surface area contributed by atoms with Gasteiger partial charge < -0.3 is 5.73 Å². The van der Waals surface area contributed by atoms with E-state index in [4.69, 9.17) is 5.73 Å². The van der Waals surface area contributed by atoms with Crippen LogP contribution in [-0.2, 0) is 10.0 Å². The van der Waals surface area contributed by atoms with Crippen molar-refractivity contribution in [3.8, 4) is 0 Å². The number of sulfonamides is 1. The van der Waals surface area contributed by atoms with Crippen molar-refractivity contribution in [1.29, 1.82) is 0 Å². The summed E-state index contributed by atoms with van der Waals surface area (Å²) in [6.07, 6.45) is 2.67. The summed E-state index contributed by atoms with van der Waals surface area (Å²) in [6, 6.07) is 0. The molecule has 0 aromatic rings. The highest BCUT2D eigenvalue weighted by Gasteiger charge is 2.36. The molecule has 0 atom stereocenters. The van der Waals surface area contributed by atoms with Gasteiger partial charge in [0.25, 0.3) is 0 Å². The van der Waals surface area contributed by atoms with Gasteiger partial charge >= 0.3 is 0 Å². The minimum atomic E-state index is -3.07. The van der Waals surface area contributed by atoms with Crippen molar-refractivity contribution in [1.82, 2.24) is 4.31 Å². The van der Waals surface area contributed by atoms with Crippen LogP contribution in [0.15, 0.2) is 0 Å². The van der Waals surface area contributed by atoms with Crippen LogP contribution in [-0.4, -0.2) is 38.1 Å². The van der Waals surface area contributed by atoms with E-state index < -0.39 is 10.0 Å².